The topological polar surface area (TPSA) is 21.7 Å². The van der Waals surface area contributed by atoms with Gasteiger partial charge in [-0.1, -0.05) is 25.0 Å². The maximum absolute atomic E-state index is 5.90. The second kappa shape index (κ2) is 6.49. The number of nitrogens with zero attached hydrogens (tertiary/aromatic N) is 1. The molecule has 1 aromatic carbocycles. The molecule has 1 atom stereocenters. The van der Waals surface area contributed by atoms with Crippen LogP contribution in [0.2, 0.25) is 0 Å². The Labute approximate surface area is 115 Å². The molecule has 1 heterocycles. The Morgan fingerprint density at radius 1 is 1.53 bits per heavy atom. The van der Waals surface area contributed by atoms with E-state index in [0.717, 1.165) is 30.9 Å². The van der Waals surface area contributed by atoms with Gasteiger partial charge in [-0.25, -0.2) is 0 Å². The zero-order chi connectivity index (χ0) is 13.7. The molecule has 0 N–H and O–H groups in total. The van der Waals surface area contributed by atoms with Crippen molar-refractivity contribution < 1.29 is 9.47 Å². The summed E-state index contributed by atoms with van der Waals surface area (Å²) in [4.78, 5) is 2.32. The van der Waals surface area contributed by atoms with E-state index in [9.17, 15) is 0 Å². The number of fused-ring (bicyclic) bond motifs is 1. The van der Waals surface area contributed by atoms with E-state index in [4.69, 9.17) is 15.9 Å². The van der Waals surface area contributed by atoms with E-state index in [-0.39, 0.29) is 0 Å². The molecule has 0 bridgehead atoms. The zero-order valence-electron chi connectivity index (χ0n) is 11.7. The van der Waals surface area contributed by atoms with E-state index in [0.29, 0.717) is 19.2 Å². The number of benzene rings is 1. The molecule has 102 valence electrons. The second-order valence-corrected chi connectivity index (χ2v) is 4.79. The van der Waals surface area contributed by atoms with E-state index >= 15 is 0 Å². The van der Waals surface area contributed by atoms with Gasteiger partial charge < -0.3 is 9.47 Å². The summed E-state index contributed by atoms with van der Waals surface area (Å²) >= 11 is 0. The quantitative estimate of drug-likeness (QED) is 0.758. The van der Waals surface area contributed by atoms with E-state index < -0.39 is 0 Å². The van der Waals surface area contributed by atoms with Crippen LogP contribution in [-0.2, 0) is 6.42 Å². The fourth-order valence-corrected chi connectivity index (χ4v) is 2.57. The van der Waals surface area contributed by atoms with Crippen LogP contribution in [0.4, 0.5) is 0 Å². The van der Waals surface area contributed by atoms with E-state index in [1.165, 1.54) is 5.56 Å². The molecule has 3 heteroatoms. The maximum Gasteiger partial charge on any atom is 0.164 e. The highest BCUT2D eigenvalue weighted by Crippen LogP contribution is 2.35. The van der Waals surface area contributed by atoms with Gasteiger partial charge in [-0.15, -0.1) is 6.42 Å². The van der Waals surface area contributed by atoms with Crippen LogP contribution in [0, 0.1) is 12.3 Å². The molecule has 19 heavy (non-hydrogen) atoms. The molecule has 0 saturated heterocycles. The number of rotatable bonds is 5. The Morgan fingerprint density at radius 3 is 3.05 bits per heavy atom. The maximum atomic E-state index is 5.90. The molecule has 0 spiro atoms. The van der Waals surface area contributed by atoms with Crippen LogP contribution in [0.15, 0.2) is 18.2 Å². The summed E-state index contributed by atoms with van der Waals surface area (Å²) in [6, 6.07) is 6.40. The molecular formula is C16H21NO2. The first-order chi connectivity index (χ1) is 9.30. The number of methoxy groups -OCH3 is 1. The molecule has 1 aromatic rings. The largest absolute Gasteiger partial charge is 0.493 e. The van der Waals surface area contributed by atoms with Crippen molar-refractivity contribution in [2.24, 2.45) is 0 Å². The Morgan fingerprint density at radius 2 is 2.37 bits per heavy atom. The predicted molar refractivity (Wildman–Crippen MR) is 76.7 cm³/mol. The van der Waals surface area contributed by atoms with Gasteiger partial charge in [0.2, 0.25) is 0 Å². The molecule has 3 nitrogen and oxygen atoms in total. The van der Waals surface area contributed by atoms with Crippen LogP contribution in [0.25, 0.3) is 0 Å². The third-order valence-electron chi connectivity index (χ3n) is 3.48. The average Bonchev–Trinajstić information content (AvgIpc) is 2.45. The van der Waals surface area contributed by atoms with Crippen molar-refractivity contribution in [2.75, 3.05) is 26.8 Å². The number of ether oxygens (including phenoxy) is 2. The third-order valence-corrected chi connectivity index (χ3v) is 3.48. The second-order valence-electron chi connectivity index (χ2n) is 4.79. The van der Waals surface area contributed by atoms with Crippen molar-refractivity contribution in [3.8, 4) is 23.8 Å². The van der Waals surface area contributed by atoms with Crippen LogP contribution >= 0.6 is 0 Å². The van der Waals surface area contributed by atoms with Gasteiger partial charge in [0.15, 0.2) is 11.5 Å². The lowest BCUT2D eigenvalue weighted by Gasteiger charge is -2.34. The Bertz CT molecular complexity index is 464. The van der Waals surface area contributed by atoms with Crippen LogP contribution in [0.1, 0.15) is 18.9 Å². The summed E-state index contributed by atoms with van der Waals surface area (Å²) in [6.45, 7) is 4.54. The smallest absolute Gasteiger partial charge is 0.164 e. The zero-order valence-corrected chi connectivity index (χ0v) is 11.7. The van der Waals surface area contributed by atoms with Gasteiger partial charge in [-0.3, -0.25) is 4.90 Å². The lowest BCUT2D eigenvalue weighted by atomic mass is 10.0. The Balaban J connectivity index is 2.15. The fourth-order valence-electron chi connectivity index (χ4n) is 2.57. The van der Waals surface area contributed by atoms with Gasteiger partial charge in [-0.05, 0) is 31.0 Å². The van der Waals surface area contributed by atoms with Crippen molar-refractivity contribution in [3.05, 3.63) is 23.8 Å². The summed E-state index contributed by atoms with van der Waals surface area (Å²) in [5.41, 5.74) is 1.20. The highest BCUT2D eigenvalue weighted by atomic mass is 16.5. The fraction of sp³-hybridized carbons (Fsp3) is 0.500. The minimum absolute atomic E-state index is 0.357. The summed E-state index contributed by atoms with van der Waals surface area (Å²) < 4.78 is 11.2. The monoisotopic (exact) mass is 259 g/mol. The number of hydrogen-bond acceptors (Lipinski definition) is 3. The lowest BCUT2D eigenvalue weighted by molar-refractivity contribution is 0.129. The average molecular weight is 259 g/mol. The first-order valence-electron chi connectivity index (χ1n) is 6.76. The number of para-hydroxylation sites is 1. The predicted octanol–water partition coefficient (Wildman–Crippen LogP) is 2.34. The van der Waals surface area contributed by atoms with Crippen LogP contribution in [0.5, 0.6) is 11.5 Å². The van der Waals surface area contributed by atoms with E-state index in [1.54, 1.807) is 7.11 Å². The molecule has 0 radical (unpaired) electrons. The van der Waals surface area contributed by atoms with Gasteiger partial charge in [0.05, 0.1) is 13.7 Å². The first kappa shape index (κ1) is 13.8. The van der Waals surface area contributed by atoms with Gasteiger partial charge >= 0.3 is 0 Å². The van der Waals surface area contributed by atoms with Crippen molar-refractivity contribution in [1.29, 1.82) is 0 Å². The Hall–Kier alpha value is -1.66. The molecular weight excluding hydrogens is 238 g/mol. The van der Waals surface area contributed by atoms with Gasteiger partial charge in [0.1, 0.15) is 6.61 Å². The standard InChI is InChI=1S/C16H21NO2/c1-4-9-17(10-5-2)14-11-13-7-6-8-15(18-3)16(13)19-12-14/h1,6-8,14H,5,9-12H2,2-3H3. The molecule has 0 amide bonds. The summed E-state index contributed by atoms with van der Waals surface area (Å²) in [6.07, 6.45) is 7.52. The molecule has 0 fully saturated rings. The normalized spacial score (nSPS) is 17.5. The molecule has 2 rings (SSSR count). The molecule has 1 unspecified atom stereocenters. The number of hydrogen-bond donors (Lipinski definition) is 0. The summed E-state index contributed by atoms with van der Waals surface area (Å²) in [5, 5.41) is 0. The minimum atomic E-state index is 0.357. The molecule has 0 saturated carbocycles. The SMILES string of the molecule is C#CCN(CCC)C1COc2c(cccc2OC)C1. The molecule has 1 aliphatic heterocycles. The van der Waals surface area contributed by atoms with Crippen molar-refractivity contribution >= 4 is 0 Å². The molecule has 0 aliphatic carbocycles. The van der Waals surface area contributed by atoms with E-state index in [2.05, 4.69) is 23.8 Å². The van der Waals surface area contributed by atoms with E-state index in [1.807, 2.05) is 12.1 Å². The highest BCUT2D eigenvalue weighted by Gasteiger charge is 2.26. The highest BCUT2D eigenvalue weighted by molar-refractivity contribution is 5.48. The molecule has 0 aromatic heterocycles. The van der Waals surface area contributed by atoms with Crippen molar-refractivity contribution in [3.63, 3.8) is 0 Å². The third kappa shape index (κ3) is 3.02. The first-order valence-corrected chi connectivity index (χ1v) is 6.76. The lowest BCUT2D eigenvalue weighted by Crippen LogP contribution is -2.43. The summed E-state index contributed by atoms with van der Waals surface area (Å²) in [5.74, 6) is 4.44. The minimum Gasteiger partial charge on any atom is -0.493 e. The molecule has 1 aliphatic rings. The Kier molecular flexibility index (Phi) is 4.70. The summed E-state index contributed by atoms with van der Waals surface area (Å²) in [7, 11) is 1.67. The van der Waals surface area contributed by atoms with Crippen LogP contribution in [0.3, 0.4) is 0 Å². The van der Waals surface area contributed by atoms with Gasteiger partial charge in [-0.2, -0.15) is 0 Å². The van der Waals surface area contributed by atoms with Gasteiger partial charge in [0, 0.05) is 6.04 Å². The van der Waals surface area contributed by atoms with Crippen LogP contribution in [-0.4, -0.2) is 37.7 Å². The van der Waals surface area contributed by atoms with Crippen molar-refractivity contribution in [2.45, 2.75) is 25.8 Å². The van der Waals surface area contributed by atoms with Crippen LogP contribution < -0.4 is 9.47 Å². The van der Waals surface area contributed by atoms with Gasteiger partial charge in [0.25, 0.3) is 0 Å². The van der Waals surface area contributed by atoms with Crippen molar-refractivity contribution in [1.82, 2.24) is 4.90 Å². The number of terminal acetylenes is 1.